The maximum Gasteiger partial charge on any atom is 0.291 e. The van der Waals surface area contributed by atoms with Gasteiger partial charge in [0.15, 0.2) is 11.6 Å². The van der Waals surface area contributed by atoms with Crippen LogP contribution in [0.25, 0.3) is 0 Å². The monoisotopic (exact) mass is 424 g/mol. The number of carbonyl (C=O) groups is 1. The zero-order valence-corrected chi connectivity index (χ0v) is 17.3. The number of pyridine rings is 1. The number of nitrogens with one attached hydrogen (secondary N) is 1. The van der Waals surface area contributed by atoms with Crippen molar-refractivity contribution in [2.75, 3.05) is 25.7 Å². The van der Waals surface area contributed by atoms with E-state index in [1.165, 1.54) is 6.33 Å². The molecule has 0 radical (unpaired) electrons. The highest BCUT2D eigenvalue weighted by molar-refractivity contribution is 7.80. The summed E-state index contributed by atoms with van der Waals surface area (Å²) < 4.78 is 12.5. The first-order valence-corrected chi connectivity index (χ1v) is 9.64. The lowest BCUT2D eigenvalue weighted by Crippen LogP contribution is -2.48. The molecular weight excluding hydrogens is 404 g/mol. The fourth-order valence-electron chi connectivity index (χ4n) is 3.05. The topological polar surface area (TPSA) is 94.4 Å². The smallest absolute Gasteiger partial charge is 0.291 e. The largest absolute Gasteiger partial charge is 0.497 e. The number of hydrogen-bond donors (Lipinski definition) is 1. The highest BCUT2D eigenvalue weighted by Gasteiger charge is 2.29. The van der Waals surface area contributed by atoms with Gasteiger partial charge >= 0.3 is 0 Å². The number of ether oxygens (including phenoxy) is 2. The Hall–Kier alpha value is -3.53. The zero-order valence-electron chi connectivity index (χ0n) is 16.5. The molecule has 0 unspecified atom stereocenters. The molecule has 154 valence electrons. The fraction of sp³-hybridized carbons (Fsp3) is 0.250. The van der Waals surface area contributed by atoms with Crippen LogP contribution >= 0.6 is 12.2 Å². The van der Waals surface area contributed by atoms with Gasteiger partial charge in [0.2, 0.25) is 5.82 Å². The lowest BCUT2D eigenvalue weighted by Gasteiger charge is -2.22. The Labute approximate surface area is 178 Å². The predicted octanol–water partition coefficient (Wildman–Crippen LogP) is 1.68. The molecule has 9 nitrogen and oxygen atoms in total. The van der Waals surface area contributed by atoms with Crippen LogP contribution in [0.3, 0.4) is 0 Å². The van der Waals surface area contributed by atoms with Crippen LogP contribution in [0.1, 0.15) is 16.2 Å². The number of methoxy groups -OCH3 is 1. The van der Waals surface area contributed by atoms with Crippen molar-refractivity contribution in [3.05, 3.63) is 60.3 Å². The molecule has 0 spiro atoms. The first kappa shape index (κ1) is 19.8. The van der Waals surface area contributed by atoms with Crippen LogP contribution in [0, 0.1) is 0 Å². The zero-order chi connectivity index (χ0) is 21.1. The molecule has 30 heavy (non-hydrogen) atoms. The third kappa shape index (κ3) is 4.08. The number of amides is 1. The summed E-state index contributed by atoms with van der Waals surface area (Å²) in [5.74, 6) is 1.64. The van der Waals surface area contributed by atoms with E-state index in [2.05, 4.69) is 20.4 Å². The summed E-state index contributed by atoms with van der Waals surface area (Å²) >= 11 is 5.53. The number of aromatic nitrogens is 4. The molecule has 1 N–H and O–H groups in total. The Balaban J connectivity index is 1.42. The van der Waals surface area contributed by atoms with Gasteiger partial charge in [0.25, 0.3) is 5.91 Å². The summed E-state index contributed by atoms with van der Waals surface area (Å²) in [4.78, 5) is 23.3. The van der Waals surface area contributed by atoms with E-state index in [4.69, 9.17) is 21.7 Å². The summed E-state index contributed by atoms with van der Waals surface area (Å²) in [5.41, 5.74) is 1.01. The van der Waals surface area contributed by atoms with Gasteiger partial charge in [-0.15, -0.1) is 5.10 Å². The minimum atomic E-state index is -0.514. The average Bonchev–Trinajstić information content (AvgIpc) is 3.20. The van der Waals surface area contributed by atoms with E-state index in [0.29, 0.717) is 23.1 Å². The number of thiocarbonyl (C=S) groups is 1. The van der Waals surface area contributed by atoms with Gasteiger partial charge in [0, 0.05) is 13.2 Å². The van der Waals surface area contributed by atoms with Crippen molar-refractivity contribution in [3.8, 4) is 11.5 Å². The number of likely N-dealkylation sites (N-methyl/N-ethyl adjacent to an activating group) is 1. The number of fused-ring (bicyclic) bond motifs is 1. The van der Waals surface area contributed by atoms with Gasteiger partial charge < -0.3 is 19.7 Å². The van der Waals surface area contributed by atoms with Gasteiger partial charge in [-0.3, -0.25) is 4.79 Å². The average molecular weight is 424 g/mol. The Morgan fingerprint density at radius 3 is 2.87 bits per heavy atom. The van der Waals surface area contributed by atoms with E-state index in [1.807, 2.05) is 30.3 Å². The number of anilines is 1. The molecule has 4 rings (SSSR count). The summed E-state index contributed by atoms with van der Waals surface area (Å²) in [5, 5.41) is 7.13. The van der Waals surface area contributed by atoms with E-state index in [0.717, 1.165) is 11.3 Å². The van der Waals surface area contributed by atoms with Crippen LogP contribution < -0.4 is 19.7 Å². The third-order valence-electron chi connectivity index (χ3n) is 4.65. The van der Waals surface area contributed by atoms with Crippen molar-refractivity contribution >= 4 is 28.9 Å². The maximum absolute atomic E-state index is 12.7. The number of nitrogens with zero attached hydrogens (tertiary/aromatic N) is 5. The number of hydrogen-bond acceptors (Lipinski definition) is 7. The van der Waals surface area contributed by atoms with Crippen molar-refractivity contribution in [2.45, 2.75) is 12.6 Å². The van der Waals surface area contributed by atoms with E-state index < -0.39 is 11.9 Å². The summed E-state index contributed by atoms with van der Waals surface area (Å²) in [6, 6.07) is 10.7. The van der Waals surface area contributed by atoms with Gasteiger partial charge in [-0.05, 0) is 29.8 Å². The second-order valence-electron chi connectivity index (χ2n) is 6.67. The van der Waals surface area contributed by atoms with Crippen molar-refractivity contribution in [1.82, 2.24) is 25.1 Å². The Kier molecular flexibility index (Phi) is 5.57. The molecule has 0 aliphatic carbocycles. The molecule has 3 heterocycles. The summed E-state index contributed by atoms with van der Waals surface area (Å²) in [6.45, 7) is 0.680. The minimum Gasteiger partial charge on any atom is -0.497 e. The van der Waals surface area contributed by atoms with Gasteiger partial charge in [-0.2, -0.15) is 0 Å². The third-order valence-corrected chi connectivity index (χ3v) is 5.21. The molecule has 1 aliphatic heterocycles. The molecular formula is C20H20N6O3S. The van der Waals surface area contributed by atoms with Crippen LogP contribution in [0.15, 0.2) is 48.9 Å². The SMILES string of the molecule is COc1ccc(Cn2cnc(C(=O)N[C@H]3COc4cccnc4N(C)C3=S)n2)cc1. The van der Waals surface area contributed by atoms with Gasteiger partial charge in [0.05, 0.1) is 13.7 Å². The van der Waals surface area contributed by atoms with Crippen LogP contribution in [0.2, 0.25) is 0 Å². The number of benzene rings is 1. The van der Waals surface area contributed by atoms with Crippen LogP contribution in [0.5, 0.6) is 11.5 Å². The van der Waals surface area contributed by atoms with Crippen molar-refractivity contribution in [3.63, 3.8) is 0 Å². The van der Waals surface area contributed by atoms with Crippen LogP contribution in [-0.2, 0) is 6.54 Å². The molecule has 1 aliphatic rings. The second-order valence-corrected chi connectivity index (χ2v) is 7.09. The van der Waals surface area contributed by atoms with Crippen LogP contribution in [-0.4, -0.2) is 57.5 Å². The number of carbonyl (C=O) groups excluding carboxylic acids is 1. The molecule has 1 atom stereocenters. The molecule has 10 heteroatoms. The minimum absolute atomic E-state index is 0.0638. The highest BCUT2D eigenvalue weighted by Crippen LogP contribution is 2.27. The van der Waals surface area contributed by atoms with Gasteiger partial charge in [-0.25, -0.2) is 14.6 Å². The van der Waals surface area contributed by atoms with E-state index in [-0.39, 0.29) is 12.4 Å². The molecule has 0 saturated carbocycles. The molecule has 1 amide bonds. The number of rotatable bonds is 5. The summed E-state index contributed by atoms with van der Waals surface area (Å²) in [6.07, 6.45) is 3.19. The highest BCUT2D eigenvalue weighted by atomic mass is 32.1. The fourth-order valence-corrected chi connectivity index (χ4v) is 3.26. The Morgan fingerprint density at radius 1 is 1.30 bits per heavy atom. The lowest BCUT2D eigenvalue weighted by molar-refractivity contribution is 0.0927. The Morgan fingerprint density at radius 2 is 2.10 bits per heavy atom. The van der Waals surface area contributed by atoms with Crippen LogP contribution in [0.4, 0.5) is 5.82 Å². The second kappa shape index (κ2) is 8.46. The first-order chi connectivity index (χ1) is 14.5. The molecule has 0 bridgehead atoms. The molecule has 1 aromatic carbocycles. The normalized spacial score (nSPS) is 15.7. The first-order valence-electron chi connectivity index (χ1n) is 9.24. The van der Waals surface area contributed by atoms with Crippen molar-refractivity contribution in [2.24, 2.45) is 0 Å². The van der Waals surface area contributed by atoms with Gasteiger partial charge in [-0.1, -0.05) is 24.4 Å². The molecule has 0 saturated heterocycles. The quantitative estimate of drug-likeness (QED) is 0.619. The molecule has 0 fully saturated rings. The Bertz CT molecular complexity index is 1070. The maximum atomic E-state index is 12.7. The van der Waals surface area contributed by atoms with Crippen molar-refractivity contribution in [1.29, 1.82) is 0 Å². The van der Waals surface area contributed by atoms with Crippen molar-refractivity contribution < 1.29 is 14.3 Å². The predicted molar refractivity (Wildman–Crippen MR) is 114 cm³/mol. The lowest BCUT2D eigenvalue weighted by atomic mass is 10.2. The molecule has 3 aromatic rings. The van der Waals surface area contributed by atoms with Gasteiger partial charge in [0.1, 0.15) is 29.7 Å². The summed E-state index contributed by atoms with van der Waals surface area (Å²) in [7, 11) is 3.42. The van der Waals surface area contributed by atoms with E-state index in [1.54, 1.807) is 36.0 Å². The standard InChI is InChI=1S/C20H20N6O3S/c1-25-18-16(4-3-9-21-18)29-11-15(20(25)30)23-19(27)17-22-12-26(24-17)10-13-5-7-14(28-2)8-6-13/h3-9,12,15H,10-11H2,1-2H3,(H,23,27)/t15-/m0/s1. The van der Waals surface area contributed by atoms with E-state index >= 15 is 0 Å². The van der Waals surface area contributed by atoms with E-state index in [9.17, 15) is 4.79 Å². The molecule has 2 aromatic heterocycles.